The van der Waals surface area contributed by atoms with Crippen LogP contribution < -0.4 is 5.32 Å². The number of rotatable bonds is 5. The highest BCUT2D eigenvalue weighted by molar-refractivity contribution is 5.90. The molecule has 0 heterocycles. The molecule has 0 unspecified atom stereocenters. The smallest absolute Gasteiger partial charge is 0.225 e. The van der Waals surface area contributed by atoms with Crippen molar-refractivity contribution >= 4 is 11.6 Å². The molecule has 0 saturated heterocycles. The molecule has 0 spiro atoms. The Kier molecular flexibility index (Phi) is 5.77. The zero-order valence-corrected chi connectivity index (χ0v) is 12.6. The summed E-state index contributed by atoms with van der Waals surface area (Å²) in [5.74, 6) is 0.00718. The minimum absolute atomic E-state index is 0.00718. The Labute approximate surface area is 126 Å². The molecule has 1 aromatic carbocycles. The highest BCUT2D eigenvalue weighted by Gasteiger charge is 2.18. The lowest BCUT2D eigenvalue weighted by atomic mass is 9.94. The first-order valence-electron chi connectivity index (χ1n) is 7.69. The van der Waals surface area contributed by atoms with Gasteiger partial charge in [-0.25, -0.2) is 0 Å². The molecule has 0 atom stereocenters. The molecule has 112 valence electrons. The van der Waals surface area contributed by atoms with Crippen LogP contribution in [0.15, 0.2) is 24.3 Å². The molecular formula is C17H23N3O. The average molecular weight is 285 g/mol. The van der Waals surface area contributed by atoms with E-state index in [1.54, 1.807) is 18.2 Å². The summed E-state index contributed by atoms with van der Waals surface area (Å²) in [5.41, 5.74) is 1.26. The van der Waals surface area contributed by atoms with Gasteiger partial charge < -0.3 is 10.2 Å². The maximum absolute atomic E-state index is 12.0. The van der Waals surface area contributed by atoms with E-state index >= 15 is 0 Å². The second kappa shape index (κ2) is 7.80. The quantitative estimate of drug-likeness (QED) is 0.904. The molecule has 4 nitrogen and oxygen atoms in total. The lowest BCUT2D eigenvalue weighted by molar-refractivity contribution is -0.116. The van der Waals surface area contributed by atoms with E-state index in [1.165, 1.54) is 32.1 Å². The van der Waals surface area contributed by atoms with Crippen LogP contribution in [0.2, 0.25) is 0 Å². The Hall–Kier alpha value is -1.86. The van der Waals surface area contributed by atoms with Gasteiger partial charge in [-0.15, -0.1) is 0 Å². The Bertz CT molecular complexity index is 515. The van der Waals surface area contributed by atoms with Crippen LogP contribution in [-0.4, -0.2) is 30.4 Å². The third-order valence-electron chi connectivity index (χ3n) is 4.17. The first kappa shape index (κ1) is 15.5. The van der Waals surface area contributed by atoms with E-state index in [-0.39, 0.29) is 5.91 Å². The Morgan fingerprint density at radius 2 is 2.14 bits per heavy atom. The third-order valence-corrected chi connectivity index (χ3v) is 4.17. The summed E-state index contributed by atoms with van der Waals surface area (Å²) in [6, 6.07) is 9.72. The number of carbonyl (C=O) groups excluding carboxylic acids is 1. The van der Waals surface area contributed by atoms with Crippen LogP contribution in [0.3, 0.4) is 0 Å². The molecule has 0 aliphatic heterocycles. The molecule has 21 heavy (non-hydrogen) atoms. The number of nitriles is 1. The molecule has 1 aliphatic rings. The predicted molar refractivity (Wildman–Crippen MR) is 83.9 cm³/mol. The van der Waals surface area contributed by atoms with Crippen molar-refractivity contribution in [3.63, 3.8) is 0 Å². The predicted octanol–water partition coefficient (Wildman–Crippen LogP) is 3.15. The fourth-order valence-electron chi connectivity index (χ4n) is 2.87. The van der Waals surface area contributed by atoms with Crippen LogP contribution >= 0.6 is 0 Å². The lowest BCUT2D eigenvalue weighted by Crippen LogP contribution is -2.35. The van der Waals surface area contributed by atoms with Crippen molar-refractivity contribution in [1.29, 1.82) is 5.26 Å². The Morgan fingerprint density at radius 3 is 2.86 bits per heavy atom. The van der Waals surface area contributed by atoms with Crippen LogP contribution in [-0.2, 0) is 4.79 Å². The van der Waals surface area contributed by atoms with Gasteiger partial charge in [-0.2, -0.15) is 5.26 Å². The van der Waals surface area contributed by atoms with Gasteiger partial charge in [0.15, 0.2) is 0 Å². The number of benzene rings is 1. The van der Waals surface area contributed by atoms with Gasteiger partial charge in [-0.05, 0) is 38.1 Å². The van der Waals surface area contributed by atoms with Crippen LogP contribution in [0.1, 0.15) is 44.1 Å². The molecule has 4 heteroatoms. The topological polar surface area (TPSA) is 56.1 Å². The largest absolute Gasteiger partial charge is 0.326 e. The number of anilines is 1. The minimum atomic E-state index is 0.00718. The summed E-state index contributed by atoms with van der Waals surface area (Å²) in [6.45, 7) is 0.786. The normalized spacial score (nSPS) is 15.7. The van der Waals surface area contributed by atoms with Crippen LogP contribution in [0, 0.1) is 11.3 Å². The highest BCUT2D eigenvalue weighted by atomic mass is 16.1. The molecule has 1 N–H and O–H groups in total. The molecule has 0 aromatic heterocycles. The van der Waals surface area contributed by atoms with Gasteiger partial charge in [-0.1, -0.05) is 25.3 Å². The summed E-state index contributed by atoms with van der Waals surface area (Å²) in [6.07, 6.45) is 6.96. The molecule has 0 radical (unpaired) electrons. The zero-order valence-electron chi connectivity index (χ0n) is 12.6. The molecule has 1 amide bonds. The summed E-state index contributed by atoms with van der Waals surface area (Å²) < 4.78 is 0. The van der Waals surface area contributed by atoms with Gasteiger partial charge in [0.05, 0.1) is 11.6 Å². The van der Waals surface area contributed by atoms with Crippen molar-refractivity contribution < 1.29 is 4.79 Å². The van der Waals surface area contributed by atoms with Crippen molar-refractivity contribution in [2.75, 3.05) is 18.9 Å². The van der Waals surface area contributed by atoms with E-state index in [9.17, 15) is 4.79 Å². The number of amides is 1. The molecule has 1 fully saturated rings. The van der Waals surface area contributed by atoms with Crippen molar-refractivity contribution in [2.45, 2.75) is 44.6 Å². The number of hydrogen-bond donors (Lipinski definition) is 1. The Balaban J connectivity index is 1.77. The SMILES string of the molecule is CN(CCC(=O)Nc1cccc(C#N)c1)C1CCCCC1. The van der Waals surface area contributed by atoms with E-state index in [0.29, 0.717) is 23.7 Å². The van der Waals surface area contributed by atoms with Crippen LogP contribution in [0.25, 0.3) is 0 Å². The molecule has 1 aliphatic carbocycles. The van der Waals surface area contributed by atoms with Crippen LogP contribution in [0.5, 0.6) is 0 Å². The third kappa shape index (κ3) is 4.87. The summed E-state index contributed by atoms with van der Waals surface area (Å²) in [7, 11) is 2.11. The average Bonchev–Trinajstić information content (AvgIpc) is 2.53. The number of nitrogens with one attached hydrogen (secondary N) is 1. The maximum atomic E-state index is 12.0. The zero-order chi connectivity index (χ0) is 15.1. The van der Waals surface area contributed by atoms with Crippen molar-refractivity contribution in [2.24, 2.45) is 0 Å². The van der Waals surface area contributed by atoms with E-state index in [4.69, 9.17) is 5.26 Å². The Morgan fingerprint density at radius 1 is 1.38 bits per heavy atom. The molecule has 1 aromatic rings. The highest BCUT2D eigenvalue weighted by Crippen LogP contribution is 2.21. The van der Waals surface area contributed by atoms with Crippen LogP contribution in [0.4, 0.5) is 5.69 Å². The molecular weight excluding hydrogens is 262 g/mol. The van der Waals surface area contributed by atoms with Gasteiger partial charge in [0.25, 0.3) is 0 Å². The van der Waals surface area contributed by atoms with Crippen molar-refractivity contribution in [1.82, 2.24) is 4.90 Å². The van der Waals surface area contributed by atoms with Gasteiger partial charge in [0, 0.05) is 24.7 Å². The first-order chi connectivity index (χ1) is 10.2. The summed E-state index contributed by atoms with van der Waals surface area (Å²) in [5, 5.41) is 11.7. The second-order valence-electron chi connectivity index (χ2n) is 5.76. The number of nitrogens with zero attached hydrogens (tertiary/aromatic N) is 2. The van der Waals surface area contributed by atoms with E-state index in [1.807, 2.05) is 6.07 Å². The van der Waals surface area contributed by atoms with Crippen molar-refractivity contribution in [3.05, 3.63) is 29.8 Å². The molecule has 2 rings (SSSR count). The fraction of sp³-hybridized carbons (Fsp3) is 0.529. The monoisotopic (exact) mass is 285 g/mol. The van der Waals surface area contributed by atoms with Gasteiger partial charge >= 0.3 is 0 Å². The number of carbonyl (C=O) groups is 1. The summed E-state index contributed by atoms with van der Waals surface area (Å²) in [4.78, 5) is 14.3. The first-order valence-corrected chi connectivity index (χ1v) is 7.69. The summed E-state index contributed by atoms with van der Waals surface area (Å²) >= 11 is 0. The number of hydrogen-bond acceptors (Lipinski definition) is 3. The van der Waals surface area contributed by atoms with Gasteiger partial charge in [0.1, 0.15) is 0 Å². The maximum Gasteiger partial charge on any atom is 0.225 e. The van der Waals surface area contributed by atoms with E-state index < -0.39 is 0 Å². The minimum Gasteiger partial charge on any atom is -0.326 e. The standard InChI is InChI=1S/C17H23N3O/c1-20(16-8-3-2-4-9-16)11-10-17(21)19-15-7-5-6-14(12-15)13-18/h5-7,12,16H,2-4,8-11H2,1H3,(H,19,21). The van der Waals surface area contributed by atoms with Gasteiger partial charge in [-0.3, -0.25) is 4.79 Å². The lowest BCUT2D eigenvalue weighted by Gasteiger charge is -2.30. The van der Waals surface area contributed by atoms with E-state index in [0.717, 1.165) is 6.54 Å². The van der Waals surface area contributed by atoms with Gasteiger partial charge in [0.2, 0.25) is 5.91 Å². The second-order valence-corrected chi connectivity index (χ2v) is 5.76. The molecule has 0 bridgehead atoms. The fourth-order valence-corrected chi connectivity index (χ4v) is 2.87. The molecule has 1 saturated carbocycles. The van der Waals surface area contributed by atoms with E-state index in [2.05, 4.69) is 23.3 Å². The van der Waals surface area contributed by atoms with Crippen molar-refractivity contribution in [3.8, 4) is 6.07 Å².